The van der Waals surface area contributed by atoms with Crippen LogP contribution in [0.5, 0.6) is 11.5 Å². The Balaban J connectivity index is 1.77. The summed E-state index contributed by atoms with van der Waals surface area (Å²) in [6.07, 6.45) is -2.27. The van der Waals surface area contributed by atoms with Crippen molar-refractivity contribution in [3.63, 3.8) is 0 Å². The van der Waals surface area contributed by atoms with Gasteiger partial charge in [0, 0.05) is 52.8 Å². The van der Waals surface area contributed by atoms with E-state index in [0.29, 0.717) is 45.4 Å². The number of aryl methyl sites for hydroxylation is 1. The highest BCUT2D eigenvalue weighted by Gasteiger charge is 2.41. The van der Waals surface area contributed by atoms with Gasteiger partial charge in [-0.1, -0.05) is 49.7 Å². The van der Waals surface area contributed by atoms with E-state index in [0.717, 1.165) is 11.1 Å². The van der Waals surface area contributed by atoms with Crippen molar-refractivity contribution in [1.29, 1.82) is 0 Å². The smallest absolute Gasteiger partial charge is 0.303 e. The topological polar surface area (TPSA) is 141 Å². The Hall–Kier alpha value is -4.61. The lowest BCUT2D eigenvalue weighted by molar-refractivity contribution is -0.144. The summed E-state index contributed by atoms with van der Waals surface area (Å²) < 4.78 is 23.2. The van der Waals surface area contributed by atoms with Gasteiger partial charge in [-0.15, -0.1) is 0 Å². The summed E-state index contributed by atoms with van der Waals surface area (Å²) in [5.41, 5.74) is 2.97. The number of fused-ring (bicyclic) bond motifs is 1. The number of para-hydroxylation sites is 1. The van der Waals surface area contributed by atoms with Crippen molar-refractivity contribution in [2.24, 2.45) is 5.41 Å². The van der Waals surface area contributed by atoms with E-state index in [2.05, 4.69) is 5.32 Å². The third-order valence-electron chi connectivity index (χ3n) is 8.07. The average molecular weight is 681 g/mol. The van der Waals surface area contributed by atoms with E-state index in [1.165, 1.54) is 21.1 Å². The largest absolute Gasteiger partial charge is 0.493 e. The van der Waals surface area contributed by atoms with Crippen LogP contribution in [0.1, 0.15) is 62.0 Å². The number of nitrogens with zero attached hydrogens (tertiary/aromatic N) is 1. The van der Waals surface area contributed by atoms with Crippen LogP contribution in [0, 0.1) is 12.3 Å². The molecule has 3 aromatic carbocycles. The molecule has 48 heavy (non-hydrogen) atoms. The molecule has 0 aromatic heterocycles. The van der Waals surface area contributed by atoms with Crippen LogP contribution in [0.4, 0.5) is 11.4 Å². The number of carboxylic acids is 1. The van der Waals surface area contributed by atoms with Crippen molar-refractivity contribution >= 4 is 46.7 Å². The fraction of sp³-hybridized carbons (Fsp3) is 0.389. The Kier molecular flexibility index (Phi) is 11.7. The number of methoxy groups -OCH3 is 2. The normalized spacial score (nSPS) is 16.1. The van der Waals surface area contributed by atoms with Crippen LogP contribution in [-0.2, 0) is 35.1 Å². The number of halogens is 1. The SMILES string of the molecule is COc1cccc([C@H]2O[C@H](CC(=O)Nc3cccc(CCC(=O)O)c3C)C(=O)N(CC(C)(C)COC(C)=O)c3ccc(Cl)cc32)c1OC. The predicted octanol–water partition coefficient (Wildman–Crippen LogP) is 6.12. The second kappa shape index (κ2) is 15.5. The molecule has 1 heterocycles. The first-order valence-corrected chi connectivity index (χ1v) is 15.8. The van der Waals surface area contributed by atoms with Crippen LogP contribution in [0.3, 0.4) is 0 Å². The molecule has 12 heteroatoms. The molecular formula is C36H41ClN2O9. The second-order valence-corrected chi connectivity index (χ2v) is 12.8. The van der Waals surface area contributed by atoms with Gasteiger partial charge in [-0.3, -0.25) is 19.2 Å². The van der Waals surface area contributed by atoms with Crippen LogP contribution in [0.15, 0.2) is 54.6 Å². The van der Waals surface area contributed by atoms with Gasteiger partial charge in [0.2, 0.25) is 5.91 Å². The highest BCUT2D eigenvalue weighted by Crippen LogP contribution is 2.45. The van der Waals surface area contributed by atoms with E-state index < -0.39 is 41.4 Å². The Morgan fingerprint density at radius 2 is 1.77 bits per heavy atom. The number of aliphatic carboxylic acids is 1. The van der Waals surface area contributed by atoms with Crippen molar-refractivity contribution in [2.75, 3.05) is 37.6 Å². The molecule has 1 aliphatic rings. The van der Waals surface area contributed by atoms with Gasteiger partial charge in [-0.05, 0) is 54.8 Å². The molecule has 0 saturated heterocycles. The fourth-order valence-electron chi connectivity index (χ4n) is 5.70. The third kappa shape index (κ3) is 8.64. The summed E-state index contributed by atoms with van der Waals surface area (Å²) in [4.78, 5) is 52.5. The number of hydrogen-bond donors (Lipinski definition) is 2. The zero-order valence-corrected chi connectivity index (χ0v) is 28.7. The van der Waals surface area contributed by atoms with Gasteiger partial charge in [-0.2, -0.15) is 0 Å². The molecule has 2 N–H and O–H groups in total. The minimum absolute atomic E-state index is 0.0473. The van der Waals surface area contributed by atoms with Crippen LogP contribution < -0.4 is 19.7 Å². The molecule has 0 radical (unpaired) electrons. The molecular weight excluding hydrogens is 640 g/mol. The minimum atomic E-state index is -1.27. The molecule has 2 atom stereocenters. The van der Waals surface area contributed by atoms with Gasteiger partial charge >= 0.3 is 11.9 Å². The van der Waals surface area contributed by atoms with Gasteiger partial charge in [-0.25, -0.2) is 0 Å². The van der Waals surface area contributed by atoms with Crippen molar-refractivity contribution in [1.82, 2.24) is 0 Å². The molecule has 3 aromatic rings. The van der Waals surface area contributed by atoms with Crippen LogP contribution in [0.2, 0.25) is 5.02 Å². The predicted molar refractivity (Wildman–Crippen MR) is 181 cm³/mol. The molecule has 0 fully saturated rings. The van der Waals surface area contributed by atoms with Crippen molar-refractivity contribution in [3.8, 4) is 11.5 Å². The lowest BCUT2D eigenvalue weighted by Gasteiger charge is -2.33. The van der Waals surface area contributed by atoms with E-state index in [4.69, 9.17) is 35.7 Å². The summed E-state index contributed by atoms with van der Waals surface area (Å²) in [5, 5.41) is 12.4. The zero-order chi connectivity index (χ0) is 35.2. The lowest BCUT2D eigenvalue weighted by atomic mass is 9.92. The first kappa shape index (κ1) is 36.2. The number of anilines is 2. The molecule has 0 bridgehead atoms. The minimum Gasteiger partial charge on any atom is -0.493 e. The second-order valence-electron chi connectivity index (χ2n) is 12.4. The Labute approximate surface area is 285 Å². The summed E-state index contributed by atoms with van der Waals surface area (Å²) in [7, 11) is 3.02. The molecule has 2 amide bonds. The van der Waals surface area contributed by atoms with Crippen molar-refractivity contribution < 1.29 is 43.2 Å². The van der Waals surface area contributed by atoms with Gasteiger partial charge in [0.25, 0.3) is 5.91 Å². The number of nitrogens with one attached hydrogen (secondary N) is 1. The first-order valence-electron chi connectivity index (χ1n) is 15.4. The average Bonchev–Trinajstić information content (AvgIpc) is 3.13. The standard InChI is InChI=1S/C36H41ClN2O9/c1-21-23(13-16-32(42)43)9-7-11-27(21)38-31(41)18-30-35(44)39(19-36(3,4)20-47-22(2)40)28-15-14-24(37)17-26(28)33(48-30)25-10-8-12-29(45-5)34(25)46-6/h7-12,14-15,17,30,33H,13,16,18-20H2,1-6H3,(H,38,41)(H,42,43)/t30-,33-/m1/s1. The van der Waals surface area contributed by atoms with E-state index >= 15 is 0 Å². The number of carboxylic acid groups (broad SMARTS) is 1. The number of hydrogen-bond acceptors (Lipinski definition) is 8. The van der Waals surface area contributed by atoms with E-state index in [-0.39, 0.29) is 26.0 Å². The highest BCUT2D eigenvalue weighted by molar-refractivity contribution is 6.30. The van der Waals surface area contributed by atoms with Gasteiger partial charge in [0.1, 0.15) is 12.2 Å². The monoisotopic (exact) mass is 680 g/mol. The van der Waals surface area contributed by atoms with E-state index in [1.54, 1.807) is 60.4 Å². The lowest BCUT2D eigenvalue weighted by Crippen LogP contribution is -2.46. The number of rotatable bonds is 13. The number of esters is 1. The summed E-state index contributed by atoms with van der Waals surface area (Å²) in [5.74, 6) is -1.47. The number of carbonyl (C=O) groups excluding carboxylic acids is 3. The number of benzene rings is 3. The molecule has 0 unspecified atom stereocenters. The number of amides is 2. The van der Waals surface area contributed by atoms with Gasteiger partial charge in [0.15, 0.2) is 11.5 Å². The van der Waals surface area contributed by atoms with Crippen molar-refractivity contribution in [2.45, 2.75) is 59.2 Å². The maximum absolute atomic E-state index is 14.5. The molecule has 1 aliphatic heterocycles. The quantitative estimate of drug-likeness (QED) is 0.204. The Bertz CT molecular complexity index is 1690. The molecule has 0 aliphatic carbocycles. The van der Waals surface area contributed by atoms with Crippen molar-refractivity contribution in [3.05, 3.63) is 81.9 Å². The summed E-state index contributed by atoms with van der Waals surface area (Å²) in [6.45, 7) is 7.04. The Morgan fingerprint density at radius 3 is 2.44 bits per heavy atom. The maximum Gasteiger partial charge on any atom is 0.303 e. The van der Waals surface area contributed by atoms with Crippen LogP contribution in [-0.4, -0.2) is 62.3 Å². The molecule has 4 rings (SSSR count). The molecule has 256 valence electrons. The van der Waals surface area contributed by atoms with E-state index in [9.17, 15) is 19.2 Å². The summed E-state index contributed by atoms with van der Waals surface area (Å²) in [6, 6.07) is 15.7. The van der Waals surface area contributed by atoms with E-state index in [1.807, 2.05) is 19.9 Å². The molecule has 0 spiro atoms. The number of ether oxygens (including phenoxy) is 4. The van der Waals surface area contributed by atoms with Crippen LogP contribution in [0.25, 0.3) is 0 Å². The number of carbonyl (C=O) groups is 4. The fourth-order valence-corrected chi connectivity index (χ4v) is 5.88. The Morgan fingerprint density at radius 1 is 1.04 bits per heavy atom. The molecule has 11 nitrogen and oxygen atoms in total. The highest BCUT2D eigenvalue weighted by atomic mass is 35.5. The third-order valence-corrected chi connectivity index (χ3v) is 8.31. The molecule has 0 saturated carbocycles. The van der Waals surface area contributed by atoms with Gasteiger partial charge < -0.3 is 34.3 Å². The maximum atomic E-state index is 14.5. The van der Waals surface area contributed by atoms with Gasteiger partial charge in [0.05, 0.1) is 27.2 Å². The zero-order valence-electron chi connectivity index (χ0n) is 27.9. The first-order chi connectivity index (χ1) is 22.7. The summed E-state index contributed by atoms with van der Waals surface area (Å²) >= 11 is 6.53. The van der Waals surface area contributed by atoms with Crippen LogP contribution >= 0.6 is 11.6 Å².